The van der Waals surface area contributed by atoms with E-state index in [0.29, 0.717) is 18.5 Å². The fraction of sp³-hybridized carbons (Fsp3) is 0.400. The van der Waals surface area contributed by atoms with E-state index in [2.05, 4.69) is 25.9 Å². The van der Waals surface area contributed by atoms with Gasteiger partial charge in [-0.1, -0.05) is 74.5 Å². The number of carbonyl (C=O) groups is 3. The van der Waals surface area contributed by atoms with Crippen molar-refractivity contribution in [2.75, 3.05) is 19.0 Å². The molecule has 13 heteroatoms. The van der Waals surface area contributed by atoms with Gasteiger partial charge in [-0.2, -0.15) is 0 Å². The summed E-state index contributed by atoms with van der Waals surface area (Å²) >= 11 is 2.84. The normalized spacial score (nSPS) is 13.6. The summed E-state index contributed by atoms with van der Waals surface area (Å²) in [7, 11) is 3.77. The fourth-order valence-electron chi connectivity index (χ4n) is 5.14. The van der Waals surface area contributed by atoms with Crippen molar-refractivity contribution in [1.29, 1.82) is 0 Å². The van der Waals surface area contributed by atoms with Crippen molar-refractivity contribution >= 4 is 45.7 Å². The van der Waals surface area contributed by atoms with E-state index in [-0.39, 0.29) is 31.3 Å². The number of benzene rings is 2. The number of carbonyl (C=O) groups excluding carboxylic acids is 3. The lowest BCUT2D eigenvalue weighted by atomic mass is 9.93. The summed E-state index contributed by atoms with van der Waals surface area (Å²) in [4.78, 5) is 50.8. The smallest absolute Gasteiger partial charge is 0.407 e. The number of nitrogens with zero attached hydrogens (tertiary/aromatic N) is 3. The second kappa shape index (κ2) is 18.3. The number of amides is 3. The minimum atomic E-state index is -1.05. The highest BCUT2D eigenvalue weighted by molar-refractivity contribution is 7.13. The number of ether oxygens (including phenoxy) is 1. The van der Waals surface area contributed by atoms with Gasteiger partial charge in [-0.15, -0.1) is 22.7 Å². The lowest BCUT2D eigenvalue weighted by molar-refractivity contribution is -0.130. The van der Waals surface area contributed by atoms with Crippen molar-refractivity contribution in [3.05, 3.63) is 99.4 Å². The molecule has 0 aliphatic rings. The molecular formula is C35H44N6O5S2. The van der Waals surface area contributed by atoms with Gasteiger partial charge in [-0.25, -0.2) is 9.78 Å². The van der Waals surface area contributed by atoms with Crippen LogP contribution in [-0.4, -0.2) is 71.3 Å². The van der Waals surface area contributed by atoms with Gasteiger partial charge in [0.1, 0.15) is 12.6 Å². The second-order valence-corrected chi connectivity index (χ2v) is 14.0. The Hall–Kier alpha value is -4.33. The van der Waals surface area contributed by atoms with Crippen LogP contribution in [0.5, 0.6) is 0 Å². The molecule has 4 aromatic rings. The molecule has 3 amide bonds. The number of aliphatic hydroxyl groups is 1. The maximum absolute atomic E-state index is 13.8. The highest BCUT2D eigenvalue weighted by Crippen LogP contribution is 2.19. The number of aliphatic hydroxyl groups excluding tert-OH is 1. The summed E-state index contributed by atoms with van der Waals surface area (Å²) in [5.41, 5.74) is 4.19. The third-order valence-corrected chi connectivity index (χ3v) is 9.43. The van der Waals surface area contributed by atoms with Crippen molar-refractivity contribution in [2.24, 2.45) is 5.92 Å². The predicted octanol–water partition coefficient (Wildman–Crippen LogP) is 4.37. The van der Waals surface area contributed by atoms with Crippen LogP contribution < -0.4 is 20.9 Å². The van der Waals surface area contributed by atoms with Crippen LogP contribution in [-0.2, 0) is 40.2 Å². The third-order valence-electron chi connectivity index (χ3n) is 7.62. The van der Waals surface area contributed by atoms with E-state index in [1.807, 2.05) is 98.9 Å². The van der Waals surface area contributed by atoms with Crippen molar-refractivity contribution < 1.29 is 24.2 Å². The number of anilines is 1. The lowest BCUT2D eigenvalue weighted by Crippen LogP contribution is -2.56. The largest absolute Gasteiger partial charge is 0.444 e. The van der Waals surface area contributed by atoms with Crippen LogP contribution in [0.25, 0.3) is 0 Å². The molecule has 4 atom stereocenters. The quantitative estimate of drug-likeness (QED) is 0.128. The van der Waals surface area contributed by atoms with E-state index in [0.717, 1.165) is 21.1 Å². The Morgan fingerprint density at radius 2 is 1.58 bits per heavy atom. The lowest BCUT2D eigenvalue weighted by Gasteiger charge is -2.30. The molecule has 0 saturated carbocycles. The van der Waals surface area contributed by atoms with Crippen LogP contribution >= 0.6 is 22.7 Å². The standard InChI is InChI=1S/C35H44N6O5S2/c1-23(2)32(40-31(43)18-27-21-47-34(37-27)41(3)4)33(44)39-29(16-25-13-9-6-10-14-25)30(42)17-26(15-24-11-7-5-8-12-24)38-35(45)46-20-28-19-36-22-48-28/h5-14,19,21-23,26,29-30,32,42H,15-18,20H2,1-4H3,(H,38,45)(H,39,44)(H,40,43)/t26-,29-,30-,32-/m0/s1. The Bertz CT molecular complexity index is 1570. The molecule has 4 N–H and O–H groups in total. The minimum absolute atomic E-state index is 0.0445. The van der Waals surface area contributed by atoms with E-state index < -0.39 is 36.2 Å². The van der Waals surface area contributed by atoms with E-state index in [1.54, 1.807) is 11.7 Å². The van der Waals surface area contributed by atoms with Crippen LogP contribution in [0.1, 0.15) is 42.0 Å². The maximum Gasteiger partial charge on any atom is 0.407 e. The number of aromatic nitrogens is 2. The fourth-order valence-corrected chi connectivity index (χ4v) is 6.40. The molecule has 11 nitrogen and oxygen atoms in total. The van der Waals surface area contributed by atoms with Gasteiger partial charge in [0.05, 0.1) is 34.6 Å². The number of hydrogen-bond acceptors (Lipinski definition) is 10. The van der Waals surface area contributed by atoms with Crippen molar-refractivity contribution in [3.8, 4) is 0 Å². The first-order valence-corrected chi connectivity index (χ1v) is 17.6. The van der Waals surface area contributed by atoms with Crippen molar-refractivity contribution in [2.45, 2.75) is 70.4 Å². The molecule has 48 heavy (non-hydrogen) atoms. The van der Waals surface area contributed by atoms with Crippen LogP contribution in [0.3, 0.4) is 0 Å². The molecule has 0 spiro atoms. The molecule has 0 bridgehead atoms. The Morgan fingerprint density at radius 3 is 2.17 bits per heavy atom. The monoisotopic (exact) mass is 692 g/mol. The molecule has 2 heterocycles. The number of alkyl carbamates (subject to hydrolysis) is 1. The second-order valence-electron chi connectivity index (χ2n) is 12.2. The molecule has 4 rings (SSSR count). The van der Waals surface area contributed by atoms with Gasteiger partial charge in [0.2, 0.25) is 11.8 Å². The van der Waals surface area contributed by atoms with Gasteiger partial charge < -0.3 is 30.7 Å². The van der Waals surface area contributed by atoms with Gasteiger partial charge in [0.25, 0.3) is 0 Å². The van der Waals surface area contributed by atoms with Gasteiger partial charge in [-0.05, 0) is 36.3 Å². The average Bonchev–Trinajstić information content (AvgIpc) is 3.76. The molecule has 2 aromatic carbocycles. The van der Waals surface area contributed by atoms with Gasteiger partial charge in [0, 0.05) is 31.7 Å². The zero-order valence-corrected chi connectivity index (χ0v) is 29.3. The Labute approximate surface area is 289 Å². The van der Waals surface area contributed by atoms with Crippen LogP contribution in [0, 0.1) is 5.92 Å². The zero-order valence-electron chi connectivity index (χ0n) is 27.7. The first kappa shape index (κ1) is 36.5. The molecule has 0 saturated heterocycles. The van der Waals surface area contributed by atoms with Gasteiger partial charge >= 0.3 is 6.09 Å². The van der Waals surface area contributed by atoms with Crippen molar-refractivity contribution in [1.82, 2.24) is 25.9 Å². The first-order chi connectivity index (χ1) is 23.1. The number of thiazole rings is 2. The topological polar surface area (TPSA) is 146 Å². The molecule has 0 fully saturated rings. The number of rotatable bonds is 17. The molecule has 0 unspecified atom stereocenters. The van der Waals surface area contributed by atoms with Crippen LogP contribution in [0.15, 0.2) is 77.8 Å². The van der Waals surface area contributed by atoms with E-state index in [9.17, 15) is 19.5 Å². The molecular weight excluding hydrogens is 649 g/mol. The molecule has 0 radical (unpaired) electrons. The molecule has 2 aromatic heterocycles. The average molecular weight is 693 g/mol. The van der Waals surface area contributed by atoms with Gasteiger partial charge in [-0.3, -0.25) is 14.6 Å². The van der Waals surface area contributed by atoms with E-state index >= 15 is 0 Å². The summed E-state index contributed by atoms with van der Waals surface area (Å²) in [6.45, 7) is 3.81. The highest BCUT2D eigenvalue weighted by atomic mass is 32.1. The SMILES string of the molecule is CC(C)[C@H](NC(=O)Cc1csc(N(C)C)n1)C(=O)N[C@@H](Cc1ccccc1)[C@@H](O)C[C@H](Cc1ccccc1)NC(=O)OCc1cncs1. The summed E-state index contributed by atoms with van der Waals surface area (Å²) in [5.74, 6) is -0.942. The van der Waals surface area contributed by atoms with E-state index in [4.69, 9.17) is 4.74 Å². The van der Waals surface area contributed by atoms with Crippen LogP contribution in [0.4, 0.5) is 9.93 Å². The first-order valence-electron chi connectivity index (χ1n) is 15.9. The maximum atomic E-state index is 13.8. The number of hydrogen-bond donors (Lipinski definition) is 4. The summed E-state index contributed by atoms with van der Waals surface area (Å²) in [6, 6.07) is 17.2. The van der Waals surface area contributed by atoms with Crippen molar-refractivity contribution in [3.63, 3.8) is 0 Å². The van der Waals surface area contributed by atoms with Crippen LogP contribution in [0.2, 0.25) is 0 Å². The Morgan fingerprint density at radius 1 is 0.917 bits per heavy atom. The highest BCUT2D eigenvalue weighted by Gasteiger charge is 2.31. The Kier molecular flexibility index (Phi) is 13.9. The molecule has 0 aliphatic heterocycles. The third kappa shape index (κ3) is 11.7. The predicted molar refractivity (Wildman–Crippen MR) is 189 cm³/mol. The number of nitrogens with one attached hydrogen (secondary N) is 3. The summed E-state index contributed by atoms with van der Waals surface area (Å²) < 4.78 is 5.43. The molecule has 256 valence electrons. The zero-order chi connectivity index (χ0) is 34.5. The molecule has 0 aliphatic carbocycles. The summed E-state index contributed by atoms with van der Waals surface area (Å²) in [5, 5.41) is 23.1. The van der Waals surface area contributed by atoms with E-state index in [1.165, 1.54) is 22.7 Å². The minimum Gasteiger partial charge on any atom is -0.444 e. The van der Waals surface area contributed by atoms with Gasteiger partial charge in [0.15, 0.2) is 5.13 Å². The summed E-state index contributed by atoms with van der Waals surface area (Å²) in [6.07, 6.45) is 0.950. The Balaban J connectivity index is 1.47.